The molecule has 0 spiro atoms. The van der Waals surface area contributed by atoms with Crippen molar-refractivity contribution in [2.75, 3.05) is 25.1 Å². The fourth-order valence-corrected chi connectivity index (χ4v) is 2.46. The van der Waals surface area contributed by atoms with E-state index in [4.69, 9.17) is 16.3 Å². The van der Waals surface area contributed by atoms with Crippen molar-refractivity contribution in [3.05, 3.63) is 5.15 Å². The lowest BCUT2D eigenvalue weighted by molar-refractivity contribution is 0.0892. The van der Waals surface area contributed by atoms with Crippen LogP contribution in [-0.2, 0) is 4.74 Å². The molecule has 0 unspecified atom stereocenters. The van der Waals surface area contributed by atoms with E-state index in [9.17, 15) is 0 Å². The van der Waals surface area contributed by atoms with Crippen LogP contribution in [0.15, 0.2) is 0 Å². The molecule has 4 nitrogen and oxygen atoms in total. The minimum atomic E-state index is 0.293. The van der Waals surface area contributed by atoms with Gasteiger partial charge in [0.15, 0.2) is 11.0 Å². The highest BCUT2D eigenvalue weighted by atomic mass is 35.5. The van der Waals surface area contributed by atoms with E-state index in [0.717, 1.165) is 43.5 Å². The second kappa shape index (κ2) is 4.42. The van der Waals surface area contributed by atoms with Gasteiger partial charge in [0.05, 0.1) is 17.8 Å². The van der Waals surface area contributed by atoms with E-state index in [-0.39, 0.29) is 0 Å². The molecule has 0 bridgehead atoms. The Labute approximate surface area is 92.2 Å². The average Bonchev–Trinajstić information content (AvgIpc) is 2.65. The molecule has 0 aromatic carbocycles. The third-order valence-electron chi connectivity index (χ3n) is 2.44. The summed E-state index contributed by atoms with van der Waals surface area (Å²) in [4.78, 5) is 2.14. The van der Waals surface area contributed by atoms with Gasteiger partial charge < -0.3 is 9.64 Å². The van der Waals surface area contributed by atoms with E-state index >= 15 is 0 Å². The molecule has 0 saturated carbocycles. The summed E-state index contributed by atoms with van der Waals surface area (Å²) in [6.07, 6.45) is 2.52. The largest absolute Gasteiger partial charge is 0.380 e. The number of rotatable bonds is 2. The summed E-state index contributed by atoms with van der Waals surface area (Å²) < 4.78 is 13.5. The minimum absolute atomic E-state index is 0.293. The van der Waals surface area contributed by atoms with Gasteiger partial charge in [-0.1, -0.05) is 11.6 Å². The molecule has 1 atom stereocenters. The van der Waals surface area contributed by atoms with Crippen molar-refractivity contribution in [3.63, 3.8) is 0 Å². The number of halogens is 1. The SMILES string of the molecule is CO[C@H]1CCCN(c2nsnc2Cl)C1. The molecular formula is C8H12ClN3OS. The summed E-state index contributed by atoms with van der Waals surface area (Å²) in [5.74, 6) is 0.804. The summed E-state index contributed by atoms with van der Waals surface area (Å²) in [7, 11) is 1.75. The Morgan fingerprint density at radius 3 is 3.07 bits per heavy atom. The molecule has 1 saturated heterocycles. The molecule has 1 aliphatic heterocycles. The lowest BCUT2D eigenvalue weighted by Gasteiger charge is -2.31. The van der Waals surface area contributed by atoms with Gasteiger partial charge in [-0.25, -0.2) is 0 Å². The number of aromatic nitrogens is 2. The number of anilines is 1. The lowest BCUT2D eigenvalue weighted by Crippen LogP contribution is -2.39. The quantitative estimate of drug-likeness (QED) is 0.781. The molecule has 1 aromatic rings. The maximum Gasteiger partial charge on any atom is 0.187 e. The van der Waals surface area contributed by atoms with Crippen molar-refractivity contribution in [1.82, 2.24) is 8.75 Å². The van der Waals surface area contributed by atoms with Crippen molar-refractivity contribution in [1.29, 1.82) is 0 Å². The van der Waals surface area contributed by atoms with Crippen LogP contribution in [0.1, 0.15) is 12.8 Å². The first-order valence-corrected chi connectivity index (χ1v) is 5.68. The van der Waals surface area contributed by atoms with E-state index in [2.05, 4.69) is 13.6 Å². The Morgan fingerprint density at radius 1 is 1.57 bits per heavy atom. The van der Waals surface area contributed by atoms with E-state index in [1.165, 1.54) is 0 Å². The standard InChI is InChI=1S/C8H12ClN3OS/c1-13-6-3-2-4-12(5-6)8-7(9)10-14-11-8/h6H,2-5H2,1H3/t6-/m0/s1. The highest BCUT2D eigenvalue weighted by Gasteiger charge is 2.23. The summed E-state index contributed by atoms with van der Waals surface area (Å²) in [6, 6.07) is 0. The van der Waals surface area contributed by atoms with Crippen molar-refractivity contribution in [3.8, 4) is 0 Å². The van der Waals surface area contributed by atoms with Crippen molar-refractivity contribution >= 4 is 29.1 Å². The third kappa shape index (κ3) is 1.99. The van der Waals surface area contributed by atoms with Crippen LogP contribution in [-0.4, -0.2) is 35.1 Å². The Kier molecular flexibility index (Phi) is 3.20. The maximum atomic E-state index is 5.92. The number of hydrogen-bond acceptors (Lipinski definition) is 5. The molecule has 1 aliphatic rings. The van der Waals surface area contributed by atoms with E-state index in [0.29, 0.717) is 11.3 Å². The van der Waals surface area contributed by atoms with Gasteiger partial charge in [0, 0.05) is 20.2 Å². The van der Waals surface area contributed by atoms with E-state index < -0.39 is 0 Å². The monoisotopic (exact) mass is 233 g/mol. The fourth-order valence-electron chi connectivity index (χ4n) is 1.68. The van der Waals surface area contributed by atoms with Crippen LogP contribution in [0.5, 0.6) is 0 Å². The molecule has 1 fully saturated rings. The zero-order valence-corrected chi connectivity index (χ0v) is 9.51. The number of ether oxygens (including phenoxy) is 1. The highest BCUT2D eigenvalue weighted by Crippen LogP contribution is 2.26. The number of nitrogens with zero attached hydrogens (tertiary/aromatic N) is 3. The van der Waals surface area contributed by atoms with Crippen molar-refractivity contribution < 1.29 is 4.74 Å². The van der Waals surface area contributed by atoms with Crippen LogP contribution >= 0.6 is 23.3 Å². The molecule has 1 aromatic heterocycles. The van der Waals surface area contributed by atoms with Gasteiger partial charge in [-0.05, 0) is 12.8 Å². The number of piperidine rings is 1. The average molecular weight is 234 g/mol. The van der Waals surface area contributed by atoms with Crippen LogP contribution in [0.25, 0.3) is 0 Å². The molecule has 2 heterocycles. The summed E-state index contributed by atoms with van der Waals surface area (Å²) in [5.41, 5.74) is 0. The summed E-state index contributed by atoms with van der Waals surface area (Å²) in [6.45, 7) is 1.85. The lowest BCUT2D eigenvalue weighted by atomic mass is 10.1. The molecular weight excluding hydrogens is 222 g/mol. The highest BCUT2D eigenvalue weighted by molar-refractivity contribution is 6.99. The molecule has 0 N–H and O–H groups in total. The van der Waals surface area contributed by atoms with Crippen LogP contribution in [0.4, 0.5) is 5.82 Å². The minimum Gasteiger partial charge on any atom is -0.380 e. The number of methoxy groups -OCH3 is 1. The van der Waals surface area contributed by atoms with Gasteiger partial charge in [-0.15, -0.1) is 0 Å². The second-order valence-electron chi connectivity index (χ2n) is 3.32. The van der Waals surface area contributed by atoms with Crippen LogP contribution < -0.4 is 4.90 Å². The topological polar surface area (TPSA) is 38.2 Å². The Hall–Kier alpha value is -0.390. The van der Waals surface area contributed by atoms with Crippen LogP contribution in [0.3, 0.4) is 0 Å². The third-order valence-corrected chi connectivity index (χ3v) is 3.32. The normalized spacial score (nSPS) is 22.7. The van der Waals surface area contributed by atoms with Crippen LogP contribution in [0, 0.1) is 0 Å². The van der Waals surface area contributed by atoms with Gasteiger partial charge in [-0.2, -0.15) is 8.75 Å². The predicted octanol–water partition coefficient (Wildman–Crippen LogP) is 1.81. The molecule has 2 rings (SSSR count). The van der Waals surface area contributed by atoms with E-state index in [1.54, 1.807) is 7.11 Å². The zero-order chi connectivity index (χ0) is 9.97. The molecule has 0 radical (unpaired) electrons. The smallest absolute Gasteiger partial charge is 0.187 e. The predicted molar refractivity (Wildman–Crippen MR) is 57.2 cm³/mol. The molecule has 78 valence electrons. The number of hydrogen-bond donors (Lipinski definition) is 0. The Morgan fingerprint density at radius 2 is 2.43 bits per heavy atom. The molecule has 0 aliphatic carbocycles. The maximum absolute atomic E-state index is 5.92. The molecule has 0 amide bonds. The van der Waals surface area contributed by atoms with Gasteiger partial charge in [0.2, 0.25) is 0 Å². The summed E-state index contributed by atoms with van der Waals surface area (Å²) >= 11 is 7.07. The molecule has 6 heteroatoms. The van der Waals surface area contributed by atoms with Gasteiger partial charge >= 0.3 is 0 Å². The molecule has 14 heavy (non-hydrogen) atoms. The van der Waals surface area contributed by atoms with Crippen LogP contribution in [0.2, 0.25) is 5.15 Å². The van der Waals surface area contributed by atoms with E-state index in [1.807, 2.05) is 0 Å². The Bertz CT molecular complexity index is 307. The summed E-state index contributed by atoms with van der Waals surface area (Å²) in [5, 5.41) is 0.506. The van der Waals surface area contributed by atoms with Gasteiger partial charge in [0.25, 0.3) is 0 Å². The van der Waals surface area contributed by atoms with Crippen molar-refractivity contribution in [2.45, 2.75) is 18.9 Å². The second-order valence-corrected chi connectivity index (χ2v) is 4.21. The Balaban J connectivity index is 2.08. The van der Waals surface area contributed by atoms with Crippen molar-refractivity contribution in [2.24, 2.45) is 0 Å². The first-order valence-electron chi connectivity index (χ1n) is 4.57. The van der Waals surface area contributed by atoms with Gasteiger partial charge in [0.1, 0.15) is 0 Å². The first kappa shape index (κ1) is 10.1. The fraction of sp³-hybridized carbons (Fsp3) is 0.750. The first-order chi connectivity index (χ1) is 6.81. The van der Waals surface area contributed by atoms with Gasteiger partial charge in [-0.3, -0.25) is 0 Å². The zero-order valence-electron chi connectivity index (χ0n) is 7.94.